The van der Waals surface area contributed by atoms with Crippen LogP contribution in [0, 0.1) is 11.8 Å². The molecule has 2 heteroatoms. The summed E-state index contributed by atoms with van der Waals surface area (Å²) in [6.07, 6.45) is 6.90. The van der Waals surface area contributed by atoms with E-state index in [9.17, 15) is 0 Å². The summed E-state index contributed by atoms with van der Waals surface area (Å²) in [7, 11) is 0. The average Bonchev–Trinajstić information content (AvgIpc) is 2.25. The zero-order valence-corrected chi connectivity index (χ0v) is 11.9. The largest absolute Gasteiger partial charge is 0.314 e. The van der Waals surface area contributed by atoms with Gasteiger partial charge in [-0.3, -0.25) is 4.90 Å². The number of nitrogens with zero attached hydrogens (tertiary/aromatic N) is 1. The third kappa shape index (κ3) is 3.45. The molecular weight excluding hydrogens is 208 g/mol. The Morgan fingerprint density at radius 1 is 1.12 bits per heavy atom. The Morgan fingerprint density at radius 3 is 2.29 bits per heavy atom. The van der Waals surface area contributed by atoms with Crippen LogP contribution in [0.3, 0.4) is 0 Å². The summed E-state index contributed by atoms with van der Waals surface area (Å²) in [6.45, 7) is 10.9. The summed E-state index contributed by atoms with van der Waals surface area (Å²) >= 11 is 0. The van der Waals surface area contributed by atoms with Crippen LogP contribution in [0.4, 0.5) is 0 Å². The molecule has 1 saturated heterocycles. The van der Waals surface area contributed by atoms with Crippen molar-refractivity contribution < 1.29 is 0 Å². The van der Waals surface area contributed by atoms with Crippen LogP contribution in [0.15, 0.2) is 0 Å². The summed E-state index contributed by atoms with van der Waals surface area (Å²) in [5.74, 6) is 1.86. The molecular formula is C15H30N2. The van der Waals surface area contributed by atoms with E-state index in [1.165, 1.54) is 51.7 Å². The van der Waals surface area contributed by atoms with Crippen LogP contribution >= 0.6 is 0 Å². The average molecular weight is 238 g/mol. The predicted molar refractivity (Wildman–Crippen MR) is 74.2 cm³/mol. The minimum Gasteiger partial charge on any atom is -0.314 e. The van der Waals surface area contributed by atoms with E-state index >= 15 is 0 Å². The van der Waals surface area contributed by atoms with Crippen LogP contribution in [-0.4, -0.2) is 36.6 Å². The van der Waals surface area contributed by atoms with Gasteiger partial charge >= 0.3 is 0 Å². The van der Waals surface area contributed by atoms with Crippen LogP contribution < -0.4 is 5.32 Å². The number of rotatable bonds is 5. The van der Waals surface area contributed by atoms with Crippen molar-refractivity contribution in [2.75, 3.05) is 19.6 Å². The van der Waals surface area contributed by atoms with Gasteiger partial charge in [0.25, 0.3) is 0 Å². The van der Waals surface area contributed by atoms with Gasteiger partial charge in [0.05, 0.1) is 0 Å². The third-order valence-electron chi connectivity index (χ3n) is 4.78. The number of hydrogen-bond donors (Lipinski definition) is 1. The monoisotopic (exact) mass is 238 g/mol. The second kappa shape index (κ2) is 6.19. The lowest BCUT2D eigenvalue weighted by atomic mass is 9.83. The van der Waals surface area contributed by atoms with Crippen molar-refractivity contribution in [1.82, 2.24) is 10.2 Å². The van der Waals surface area contributed by atoms with Crippen molar-refractivity contribution >= 4 is 0 Å². The fourth-order valence-corrected chi connectivity index (χ4v) is 3.26. The minimum absolute atomic E-state index is 0.813. The first-order valence-corrected chi connectivity index (χ1v) is 7.68. The molecule has 0 atom stereocenters. The molecule has 0 aromatic carbocycles. The van der Waals surface area contributed by atoms with Crippen LogP contribution in [0.25, 0.3) is 0 Å². The standard InChI is InChI=1S/C15H30N2/c1-4-9-16-14-5-7-15(8-6-14)17-10-13(11-17)12(2)3/h12-16H,4-11H2,1-3H3. The van der Waals surface area contributed by atoms with Crippen molar-refractivity contribution in [3.8, 4) is 0 Å². The summed E-state index contributed by atoms with van der Waals surface area (Å²) in [5, 5.41) is 3.68. The Morgan fingerprint density at radius 2 is 1.76 bits per heavy atom. The minimum atomic E-state index is 0.813. The maximum atomic E-state index is 3.68. The first kappa shape index (κ1) is 13.4. The third-order valence-corrected chi connectivity index (χ3v) is 4.78. The first-order chi connectivity index (χ1) is 8.20. The molecule has 1 aliphatic carbocycles. The molecule has 2 fully saturated rings. The number of hydrogen-bond acceptors (Lipinski definition) is 2. The molecule has 100 valence electrons. The zero-order chi connectivity index (χ0) is 12.3. The van der Waals surface area contributed by atoms with Gasteiger partial charge in [-0.05, 0) is 50.5 Å². The van der Waals surface area contributed by atoms with E-state index in [0.29, 0.717) is 0 Å². The van der Waals surface area contributed by atoms with Gasteiger partial charge in [0.1, 0.15) is 0 Å². The van der Waals surface area contributed by atoms with Gasteiger partial charge in [0.15, 0.2) is 0 Å². The molecule has 0 unspecified atom stereocenters. The van der Waals surface area contributed by atoms with Crippen LogP contribution in [0.2, 0.25) is 0 Å². The summed E-state index contributed by atoms with van der Waals surface area (Å²) in [5.41, 5.74) is 0. The van der Waals surface area contributed by atoms with Crippen molar-refractivity contribution in [3.63, 3.8) is 0 Å². The Bertz CT molecular complexity index is 213. The van der Waals surface area contributed by atoms with E-state index in [1.54, 1.807) is 0 Å². The van der Waals surface area contributed by atoms with Gasteiger partial charge < -0.3 is 5.32 Å². The highest BCUT2D eigenvalue weighted by atomic mass is 15.2. The summed E-state index contributed by atoms with van der Waals surface area (Å²) in [6, 6.07) is 1.72. The highest BCUT2D eigenvalue weighted by Crippen LogP contribution is 2.31. The quantitative estimate of drug-likeness (QED) is 0.792. The topological polar surface area (TPSA) is 15.3 Å². The van der Waals surface area contributed by atoms with Crippen LogP contribution in [0.5, 0.6) is 0 Å². The highest BCUT2D eigenvalue weighted by molar-refractivity contribution is 4.90. The highest BCUT2D eigenvalue weighted by Gasteiger charge is 2.35. The molecule has 0 spiro atoms. The van der Waals surface area contributed by atoms with E-state index in [4.69, 9.17) is 0 Å². The zero-order valence-electron chi connectivity index (χ0n) is 11.9. The molecule has 17 heavy (non-hydrogen) atoms. The Balaban J connectivity index is 1.63. The molecule has 1 saturated carbocycles. The molecule has 2 rings (SSSR count). The van der Waals surface area contributed by atoms with E-state index in [2.05, 4.69) is 31.0 Å². The smallest absolute Gasteiger partial charge is 0.00966 e. The van der Waals surface area contributed by atoms with Crippen molar-refractivity contribution in [2.24, 2.45) is 11.8 Å². The first-order valence-electron chi connectivity index (χ1n) is 7.68. The van der Waals surface area contributed by atoms with Gasteiger partial charge in [-0.2, -0.15) is 0 Å². The van der Waals surface area contributed by atoms with Gasteiger partial charge in [-0.15, -0.1) is 0 Å². The fourth-order valence-electron chi connectivity index (χ4n) is 3.26. The maximum Gasteiger partial charge on any atom is 0.00966 e. The fraction of sp³-hybridized carbons (Fsp3) is 1.00. The number of likely N-dealkylation sites (tertiary alicyclic amines) is 1. The van der Waals surface area contributed by atoms with Crippen molar-refractivity contribution in [3.05, 3.63) is 0 Å². The SMILES string of the molecule is CCCNC1CCC(N2CC(C(C)C)C2)CC1. The lowest BCUT2D eigenvalue weighted by molar-refractivity contribution is 0.0103. The van der Waals surface area contributed by atoms with E-state index < -0.39 is 0 Å². The van der Waals surface area contributed by atoms with E-state index in [-0.39, 0.29) is 0 Å². The van der Waals surface area contributed by atoms with Gasteiger partial charge in [-0.1, -0.05) is 20.8 Å². The lowest BCUT2D eigenvalue weighted by Gasteiger charge is -2.48. The molecule has 1 N–H and O–H groups in total. The second-order valence-corrected chi connectivity index (χ2v) is 6.42. The van der Waals surface area contributed by atoms with E-state index in [0.717, 1.165) is 23.9 Å². The van der Waals surface area contributed by atoms with Gasteiger partial charge in [-0.25, -0.2) is 0 Å². The predicted octanol–water partition coefficient (Wildman–Crippen LogP) is 2.89. The Kier molecular flexibility index (Phi) is 4.87. The normalized spacial score (nSPS) is 31.8. The molecule has 2 nitrogen and oxygen atoms in total. The van der Waals surface area contributed by atoms with Gasteiger partial charge in [0.2, 0.25) is 0 Å². The summed E-state index contributed by atoms with van der Waals surface area (Å²) in [4.78, 5) is 2.74. The molecule has 0 amide bonds. The summed E-state index contributed by atoms with van der Waals surface area (Å²) < 4.78 is 0. The number of nitrogens with one attached hydrogen (secondary N) is 1. The molecule has 1 aliphatic heterocycles. The second-order valence-electron chi connectivity index (χ2n) is 6.42. The van der Waals surface area contributed by atoms with Crippen LogP contribution in [0.1, 0.15) is 52.9 Å². The molecule has 1 heterocycles. The van der Waals surface area contributed by atoms with Crippen molar-refractivity contribution in [2.45, 2.75) is 65.0 Å². The molecule has 2 aliphatic rings. The Labute approximate surface area is 107 Å². The molecule has 0 bridgehead atoms. The van der Waals surface area contributed by atoms with E-state index in [1.807, 2.05) is 0 Å². The molecule has 0 aromatic rings. The molecule has 0 radical (unpaired) electrons. The molecule has 0 aromatic heterocycles. The van der Waals surface area contributed by atoms with Crippen molar-refractivity contribution in [1.29, 1.82) is 0 Å². The van der Waals surface area contributed by atoms with Crippen LogP contribution in [-0.2, 0) is 0 Å². The maximum absolute atomic E-state index is 3.68. The van der Waals surface area contributed by atoms with Gasteiger partial charge in [0, 0.05) is 25.2 Å². The Hall–Kier alpha value is -0.0800. The lowest BCUT2D eigenvalue weighted by Crippen LogP contribution is -2.55.